The predicted molar refractivity (Wildman–Crippen MR) is 112 cm³/mol. The normalized spacial score (nSPS) is 27.4. The summed E-state index contributed by atoms with van der Waals surface area (Å²) < 4.78 is 13.5. The molecule has 146 valence electrons. The van der Waals surface area contributed by atoms with Crippen molar-refractivity contribution in [3.05, 3.63) is 71.2 Å². The molecule has 3 aromatic rings. The molecule has 2 aromatic carbocycles. The predicted octanol–water partition coefficient (Wildman–Crippen LogP) is 4.68. The van der Waals surface area contributed by atoms with Gasteiger partial charge in [-0.25, -0.2) is 4.39 Å². The Balaban J connectivity index is 1.52. The summed E-state index contributed by atoms with van der Waals surface area (Å²) in [6.45, 7) is 1.03. The lowest BCUT2D eigenvalue weighted by molar-refractivity contribution is 0.0496. The zero-order chi connectivity index (χ0) is 19.4. The van der Waals surface area contributed by atoms with E-state index < -0.39 is 0 Å². The first kappa shape index (κ1) is 17.9. The van der Waals surface area contributed by atoms with Crippen LogP contribution in [0.3, 0.4) is 0 Å². The molecule has 0 bridgehead atoms. The summed E-state index contributed by atoms with van der Waals surface area (Å²) in [5.74, 6) is -0.165. The van der Waals surface area contributed by atoms with Crippen LogP contribution in [0.5, 0.6) is 0 Å². The van der Waals surface area contributed by atoms with Crippen LogP contribution in [-0.4, -0.2) is 30.5 Å². The number of hydrogen-bond donors (Lipinski definition) is 2. The summed E-state index contributed by atoms with van der Waals surface area (Å²) in [5, 5.41) is 5.26. The molecule has 1 aliphatic carbocycles. The number of aromatic nitrogens is 1. The van der Waals surface area contributed by atoms with Crippen LogP contribution in [-0.2, 0) is 17.5 Å². The Morgan fingerprint density at radius 3 is 2.36 bits per heavy atom. The third kappa shape index (κ3) is 2.55. The van der Waals surface area contributed by atoms with Crippen LogP contribution in [0.2, 0.25) is 0 Å². The van der Waals surface area contributed by atoms with Crippen molar-refractivity contribution >= 4 is 10.9 Å². The number of nitrogens with one attached hydrogen (secondary N) is 2. The van der Waals surface area contributed by atoms with Crippen LogP contribution in [0.4, 0.5) is 4.39 Å². The molecule has 0 saturated heterocycles. The lowest BCUT2D eigenvalue weighted by atomic mass is 9.66. The fourth-order valence-corrected chi connectivity index (χ4v) is 5.65. The summed E-state index contributed by atoms with van der Waals surface area (Å²) in [5.41, 5.74) is 5.34. The minimum absolute atomic E-state index is 0.0200. The van der Waals surface area contributed by atoms with Gasteiger partial charge in [0.25, 0.3) is 0 Å². The van der Waals surface area contributed by atoms with Crippen molar-refractivity contribution in [2.24, 2.45) is 0 Å². The highest BCUT2D eigenvalue weighted by atomic mass is 19.1. The van der Waals surface area contributed by atoms with Crippen LogP contribution in [0.25, 0.3) is 10.9 Å². The van der Waals surface area contributed by atoms with E-state index in [2.05, 4.69) is 53.6 Å². The van der Waals surface area contributed by atoms with Crippen molar-refractivity contribution in [1.29, 1.82) is 0 Å². The molecular weight excluding hydrogens is 349 g/mol. The van der Waals surface area contributed by atoms with Crippen molar-refractivity contribution < 1.29 is 4.39 Å². The van der Waals surface area contributed by atoms with Gasteiger partial charge in [0.2, 0.25) is 0 Å². The van der Waals surface area contributed by atoms with E-state index in [1.807, 2.05) is 12.1 Å². The molecule has 1 fully saturated rings. The first-order valence-corrected chi connectivity index (χ1v) is 10.3. The van der Waals surface area contributed by atoms with Crippen LogP contribution in [0, 0.1) is 5.82 Å². The topological polar surface area (TPSA) is 31.1 Å². The number of nitrogens with zero attached hydrogens (tertiary/aromatic N) is 1. The fourth-order valence-electron chi connectivity index (χ4n) is 5.65. The van der Waals surface area contributed by atoms with E-state index in [0.717, 1.165) is 38.6 Å². The second kappa shape index (κ2) is 6.43. The molecule has 4 heteroatoms. The van der Waals surface area contributed by atoms with Gasteiger partial charge in [-0.05, 0) is 75.5 Å². The molecule has 0 unspecified atom stereocenters. The first-order valence-electron chi connectivity index (χ1n) is 10.3. The van der Waals surface area contributed by atoms with E-state index in [1.165, 1.54) is 27.7 Å². The largest absolute Gasteiger partial charge is 0.357 e. The van der Waals surface area contributed by atoms with Gasteiger partial charge in [-0.2, -0.15) is 0 Å². The van der Waals surface area contributed by atoms with Crippen molar-refractivity contribution in [3.63, 3.8) is 0 Å². The second-order valence-corrected chi connectivity index (χ2v) is 8.72. The Hall–Kier alpha value is -2.17. The third-order valence-corrected chi connectivity index (χ3v) is 7.30. The SMILES string of the molecule is CN(C)[C@]1(c2ccc(F)cc2)CC[C@@]2(CC1)NCCc1c3ccccc3[nH]c12. The molecular formula is C24H28FN3. The van der Waals surface area contributed by atoms with Gasteiger partial charge < -0.3 is 10.3 Å². The van der Waals surface area contributed by atoms with Gasteiger partial charge in [-0.15, -0.1) is 0 Å². The number of aromatic amines is 1. The maximum atomic E-state index is 13.5. The van der Waals surface area contributed by atoms with Gasteiger partial charge in [-0.3, -0.25) is 4.90 Å². The van der Waals surface area contributed by atoms with Crippen LogP contribution < -0.4 is 5.32 Å². The van der Waals surface area contributed by atoms with Crippen molar-refractivity contribution in [2.75, 3.05) is 20.6 Å². The number of halogens is 1. The Morgan fingerprint density at radius 1 is 0.929 bits per heavy atom. The summed E-state index contributed by atoms with van der Waals surface area (Å²) in [7, 11) is 4.31. The standard InChI is InChI=1S/C24H28FN3/c1-28(2)24(17-7-9-18(25)10-8-17)14-12-23(13-15-24)22-20(11-16-26-23)19-5-3-4-6-21(19)27-22/h3-10,26-27H,11-16H2,1-2H3/t23-,24+. The highest BCUT2D eigenvalue weighted by Crippen LogP contribution is 2.50. The molecule has 5 rings (SSSR count). The van der Waals surface area contributed by atoms with E-state index in [0.29, 0.717) is 0 Å². The Kier molecular flexibility index (Phi) is 4.11. The highest BCUT2D eigenvalue weighted by Gasteiger charge is 2.48. The number of rotatable bonds is 2. The third-order valence-electron chi connectivity index (χ3n) is 7.30. The van der Waals surface area contributed by atoms with Crippen LogP contribution in [0.15, 0.2) is 48.5 Å². The first-order chi connectivity index (χ1) is 13.5. The average molecular weight is 378 g/mol. The lowest BCUT2D eigenvalue weighted by Crippen LogP contribution is -2.55. The van der Waals surface area contributed by atoms with Crippen molar-refractivity contribution in [3.8, 4) is 0 Å². The molecule has 1 saturated carbocycles. The van der Waals surface area contributed by atoms with E-state index in [1.54, 1.807) is 12.1 Å². The monoisotopic (exact) mass is 377 g/mol. The quantitative estimate of drug-likeness (QED) is 0.679. The van der Waals surface area contributed by atoms with Crippen molar-refractivity contribution in [2.45, 2.75) is 43.2 Å². The zero-order valence-corrected chi connectivity index (χ0v) is 16.7. The van der Waals surface area contributed by atoms with E-state index >= 15 is 0 Å². The smallest absolute Gasteiger partial charge is 0.123 e. The molecule has 1 aliphatic heterocycles. The summed E-state index contributed by atoms with van der Waals surface area (Å²) in [6.07, 6.45) is 5.32. The van der Waals surface area contributed by atoms with Crippen LogP contribution >= 0.6 is 0 Å². The van der Waals surface area contributed by atoms with Crippen molar-refractivity contribution in [1.82, 2.24) is 15.2 Å². The number of H-pyrrole nitrogens is 1. The molecule has 0 radical (unpaired) electrons. The number of para-hydroxylation sites is 1. The number of fused-ring (bicyclic) bond motifs is 4. The maximum absolute atomic E-state index is 13.5. The molecule has 1 spiro atoms. The average Bonchev–Trinajstić information content (AvgIpc) is 3.10. The number of hydrogen-bond acceptors (Lipinski definition) is 2. The molecule has 0 amide bonds. The van der Waals surface area contributed by atoms with Gasteiger partial charge >= 0.3 is 0 Å². The summed E-state index contributed by atoms with van der Waals surface area (Å²) in [4.78, 5) is 6.09. The van der Waals surface area contributed by atoms with E-state index in [4.69, 9.17) is 0 Å². The fraction of sp³-hybridized carbons (Fsp3) is 0.417. The Morgan fingerprint density at radius 2 is 1.64 bits per heavy atom. The van der Waals surface area contributed by atoms with Gasteiger partial charge in [-0.1, -0.05) is 30.3 Å². The van der Waals surface area contributed by atoms with E-state index in [-0.39, 0.29) is 16.9 Å². The highest BCUT2D eigenvalue weighted by molar-refractivity contribution is 5.85. The molecule has 1 aromatic heterocycles. The molecule has 2 N–H and O–H groups in total. The molecule has 2 heterocycles. The second-order valence-electron chi connectivity index (χ2n) is 8.72. The van der Waals surface area contributed by atoms with Gasteiger partial charge in [0, 0.05) is 28.7 Å². The Labute approximate surface area is 165 Å². The summed E-state index contributed by atoms with van der Waals surface area (Å²) in [6, 6.07) is 15.8. The zero-order valence-electron chi connectivity index (χ0n) is 16.7. The maximum Gasteiger partial charge on any atom is 0.123 e. The molecule has 28 heavy (non-hydrogen) atoms. The minimum atomic E-state index is -0.165. The molecule has 0 atom stereocenters. The van der Waals surface area contributed by atoms with Gasteiger partial charge in [0.1, 0.15) is 5.82 Å². The summed E-state index contributed by atoms with van der Waals surface area (Å²) >= 11 is 0. The minimum Gasteiger partial charge on any atom is -0.357 e. The molecule has 3 nitrogen and oxygen atoms in total. The number of benzene rings is 2. The lowest BCUT2D eigenvalue weighted by Gasteiger charge is -2.51. The van der Waals surface area contributed by atoms with Gasteiger partial charge in [0.15, 0.2) is 0 Å². The molecule has 2 aliphatic rings. The van der Waals surface area contributed by atoms with E-state index in [9.17, 15) is 4.39 Å². The van der Waals surface area contributed by atoms with Gasteiger partial charge in [0.05, 0.1) is 5.54 Å². The van der Waals surface area contributed by atoms with Crippen LogP contribution in [0.1, 0.15) is 42.5 Å². The Bertz CT molecular complexity index is 994.